The van der Waals surface area contributed by atoms with E-state index >= 15 is 0 Å². The van der Waals surface area contributed by atoms with Crippen LogP contribution < -0.4 is 16.0 Å². The second-order valence-corrected chi connectivity index (χ2v) is 10.4. The molecule has 3 N–H and O–H groups in total. The molecular formula is C30H37N7O2. The summed E-state index contributed by atoms with van der Waals surface area (Å²) in [6.07, 6.45) is 11.6. The molecule has 1 saturated heterocycles. The van der Waals surface area contributed by atoms with Crippen LogP contribution in [0.4, 0.5) is 11.6 Å². The molecular weight excluding hydrogens is 490 g/mol. The number of nitrogens with zero attached hydrogens (tertiary/aromatic N) is 4. The molecule has 9 heteroatoms. The van der Waals surface area contributed by atoms with Crippen LogP contribution in [0.1, 0.15) is 48.5 Å². The smallest absolute Gasteiger partial charge is 0.251 e. The van der Waals surface area contributed by atoms with Crippen molar-refractivity contribution >= 4 is 29.9 Å². The summed E-state index contributed by atoms with van der Waals surface area (Å²) >= 11 is 0. The summed E-state index contributed by atoms with van der Waals surface area (Å²) in [7, 11) is 0. The Labute approximate surface area is 229 Å². The van der Waals surface area contributed by atoms with Crippen LogP contribution in [0.25, 0.3) is 16.8 Å². The Hall–Kier alpha value is -3.98. The van der Waals surface area contributed by atoms with Crippen LogP contribution in [-0.4, -0.2) is 59.6 Å². The first-order valence-corrected chi connectivity index (χ1v) is 13.7. The van der Waals surface area contributed by atoms with Gasteiger partial charge in [-0.2, -0.15) is 9.61 Å². The van der Waals surface area contributed by atoms with E-state index in [0.29, 0.717) is 24.1 Å². The second kappa shape index (κ2) is 12.3. The third-order valence-electron chi connectivity index (χ3n) is 7.20. The van der Waals surface area contributed by atoms with Gasteiger partial charge in [-0.3, -0.25) is 9.79 Å². The number of hydrogen-bond donors (Lipinski definition) is 3. The molecule has 2 aliphatic rings. The Morgan fingerprint density at radius 1 is 1.21 bits per heavy atom. The lowest BCUT2D eigenvalue weighted by Gasteiger charge is -2.23. The lowest BCUT2D eigenvalue weighted by molar-refractivity contribution is 0.0699. The van der Waals surface area contributed by atoms with E-state index in [1.54, 1.807) is 6.20 Å². The zero-order valence-electron chi connectivity index (χ0n) is 22.7. The van der Waals surface area contributed by atoms with E-state index in [1.807, 2.05) is 54.1 Å². The largest absolute Gasteiger partial charge is 0.381 e. The number of hydrogen-bond acceptors (Lipinski definition) is 7. The quantitative estimate of drug-likeness (QED) is 0.239. The average Bonchev–Trinajstić information content (AvgIpc) is 3.66. The number of fused-ring (bicyclic) bond motifs is 1. The number of carbonyl (C=O) groups is 1. The van der Waals surface area contributed by atoms with E-state index in [9.17, 15) is 4.79 Å². The number of allylic oxidation sites excluding steroid dienone is 2. The highest BCUT2D eigenvalue weighted by Crippen LogP contribution is 2.29. The van der Waals surface area contributed by atoms with Gasteiger partial charge in [0.1, 0.15) is 11.6 Å². The molecule has 204 valence electrons. The van der Waals surface area contributed by atoms with Gasteiger partial charge < -0.3 is 20.7 Å². The highest BCUT2D eigenvalue weighted by Gasteiger charge is 2.24. The van der Waals surface area contributed by atoms with Crippen LogP contribution in [0, 0.1) is 12.8 Å². The number of carbonyl (C=O) groups excluding carboxylic acids is 1. The molecule has 0 bridgehead atoms. The van der Waals surface area contributed by atoms with Crippen molar-refractivity contribution in [2.24, 2.45) is 10.9 Å². The molecule has 1 aliphatic carbocycles. The lowest BCUT2D eigenvalue weighted by Crippen LogP contribution is -2.26. The Balaban J connectivity index is 1.44. The zero-order valence-corrected chi connectivity index (χ0v) is 22.7. The average molecular weight is 528 g/mol. The van der Waals surface area contributed by atoms with Gasteiger partial charge >= 0.3 is 0 Å². The minimum absolute atomic E-state index is 0.00670. The summed E-state index contributed by atoms with van der Waals surface area (Å²) in [5.41, 5.74) is 5.42. The Kier molecular flexibility index (Phi) is 8.36. The molecule has 2 fully saturated rings. The van der Waals surface area contributed by atoms with E-state index in [4.69, 9.17) is 14.8 Å². The Morgan fingerprint density at radius 3 is 2.77 bits per heavy atom. The van der Waals surface area contributed by atoms with Crippen molar-refractivity contribution in [3.8, 4) is 11.1 Å². The fraction of sp³-hybridized carbons (Fsp3) is 0.400. The third-order valence-corrected chi connectivity index (χ3v) is 7.20. The number of aliphatic imine (C=N–C) groups is 1. The van der Waals surface area contributed by atoms with Crippen LogP contribution in [0.2, 0.25) is 0 Å². The van der Waals surface area contributed by atoms with E-state index in [1.165, 1.54) is 0 Å². The maximum Gasteiger partial charge on any atom is 0.251 e. The number of aryl methyl sites for hydroxylation is 1. The van der Waals surface area contributed by atoms with E-state index in [-0.39, 0.29) is 5.91 Å². The fourth-order valence-electron chi connectivity index (χ4n) is 4.72. The summed E-state index contributed by atoms with van der Waals surface area (Å²) in [5.74, 6) is 2.19. The summed E-state index contributed by atoms with van der Waals surface area (Å²) in [4.78, 5) is 21.3. The molecule has 0 spiro atoms. The number of benzene rings is 1. The molecule has 1 aromatic carbocycles. The zero-order chi connectivity index (χ0) is 27.2. The predicted octanol–water partition coefficient (Wildman–Crippen LogP) is 5.01. The molecule has 5 rings (SSSR count). The number of amides is 1. The molecule has 3 aromatic rings. The van der Waals surface area contributed by atoms with Crippen LogP contribution >= 0.6 is 0 Å². The van der Waals surface area contributed by atoms with Gasteiger partial charge in [-0.1, -0.05) is 23.8 Å². The SMILES string of the molecule is C=N/C=C\C=C(/C)CNc1cc(NCC2CCOCC2)n2ncc(-c3ccc(C(=O)NC4CC4)c(C)c3)c2n1. The van der Waals surface area contributed by atoms with Crippen molar-refractivity contribution < 1.29 is 9.53 Å². The normalized spacial score (nSPS) is 16.5. The van der Waals surface area contributed by atoms with Gasteiger partial charge in [0.2, 0.25) is 0 Å². The summed E-state index contributed by atoms with van der Waals surface area (Å²) < 4.78 is 7.39. The van der Waals surface area contributed by atoms with Crippen LogP contribution in [-0.2, 0) is 4.74 Å². The minimum Gasteiger partial charge on any atom is -0.381 e. The van der Waals surface area contributed by atoms with Gasteiger partial charge in [-0.15, -0.1) is 0 Å². The number of nitrogens with one attached hydrogen (secondary N) is 3. The monoisotopic (exact) mass is 527 g/mol. The lowest BCUT2D eigenvalue weighted by atomic mass is 10.0. The maximum atomic E-state index is 12.6. The first-order chi connectivity index (χ1) is 19.0. The number of aromatic nitrogens is 3. The van der Waals surface area contributed by atoms with Crippen molar-refractivity contribution in [3.05, 3.63) is 65.5 Å². The van der Waals surface area contributed by atoms with Crippen LogP contribution in [0.3, 0.4) is 0 Å². The molecule has 39 heavy (non-hydrogen) atoms. The topological polar surface area (TPSA) is 105 Å². The van der Waals surface area contributed by atoms with Crippen LogP contribution in [0.5, 0.6) is 0 Å². The molecule has 3 heterocycles. The number of rotatable bonds is 11. The van der Waals surface area contributed by atoms with E-state index < -0.39 is 0 Å². The van der Waals surface area contributed by atoms with Crippen molar-refractivity contribution in [3.63, 3.8) is 0 Å². The molecule has 0 unspecified atom stereocenters. The molecule has 1 aliphatic heterocycles. The van der Waals surface area contributed by atoms with Gasteiger partial charge in [0.25, 0.3) is 5.91 Å². The van der Waals surface area contributed by atoms with Gasteiger partial charge in [-0.05, 0) is 75.4 Å². The van der Waals surface area contributed by atoms with E-state index in [0.717, 1.165) is 85.0 Å². The van der Waals surface area contributed by atoms with Crippen molar-refractivity contribution in [2.45, 2.75) is 45.6 Å². The number of ether oxygens (including phenoxy) is 1. The molecule has 0 radical (unpaired) electrons. The minimum atomic E-state index is -0.00670. The van der Waals surface area contributed by atoms with Crippen molar-refractivity contribution in [1.29, 1.82) is 0 Å². The Bertz CT molecular complexity index is 1400. The van der Waals surface area contributed by atoms with Crippen molar-refractivity contribution in [2.75, 3.05) is 36.9 Å². The van der Waals surface area contributed by atoms with Gasteiger partial charge in [0.05, 0.1) is 6.20 Å². The molecule has 2 aromatic heterocycles. The maximum absolute atomic E-state index is 12.6. The Morgan fingerprint density at radius 2 is 2.03 bits per heavy atom. The van der Waals surface area contributed by atoms with Crippen molar-refractivity contribution in [1.82, 2.24) is 19.9 Å². The first-order valence-electron chi connectivity index (χ1n) is 13.7. The standard InChI is InChI=1S/C30H37N7O2/c1-20(5-4-12-31-3)17-32-27-16-28(33-18-22-10-13-39-14-11-22)37-29(36-27)26(19-34-37)23-6-9-25(21(2)15-23)30(38)35-24-7-8-24/h4-6,9,12,15-16,19,22,24,33H,3,7-8,10-11,13-14,17-18H2,1-2H3,(H,32,36)(H,35,38)/b12-4-,20-5+. The van der Waals surface area contributed by atoms with Gasteiger partial charge in [0, 0.05) is 55.7 Å². The number of anilines is 2. The van der Waals surface area contributed by atoms with Gasteiger partial charge in [-0.25, -0.2) is 4.98 Å². The third kappa shape index (κ3) is 6.72. The predicted molar refractivity (Wildman–Crippen MR) is 157 cm³/mol. The second-order valence-electron chi connectivity index (χ2n) is 10.4. The molecule has 1 amide bonds. The first kappa shape index (κ1) is 26.6. The summed E-state index contributed by atoms with van der Waals surface area (Å²) in [5, 5.41) is 14.9. The fourth-order valence-corrected chi connectivity index (χ4v) is 4.72. The highest BCUT2D eigenvalue weighted by molar-refractivity contribution is 5.97. The summed E-state index contributed by atoms with van der Waals surface area (Å²) in [6.45, 7) is 10.6. The van der Waals surface area contributed by atoms with E-state index in [2.05, 4.69) is 34.6 Å². The molecule has 0 atom stereocenters. The van der Waals surface area contributed by atoms with Gasteiger partial charge in [0.15, 0.2) is 5.65 Å². The molecule has 1 saturated carbocycles. The molecule has 9 nitrogen and oxygen atoms in total. The summed E-state index contributed by atoms with van der Waals surface area (Å²) in [6, 6.07) is 8.26. The van der Waals surface area contributed by atoms with Crippen LogP contribution in [0.15, 0.2) is 59.4 Å². The highest BCUT2D eigenvalue weighted by atomic mass is 16.5.